The number of likely N-dealkylation sites (N-methyl/N-ethyl adjacent to an activating group) is 1. The topological polar surface area (TPSA) is 104 Å². The van der Waals surface area contributed by atoms with Crippen molar-refractivity contribution in [1.29, 1.82) is 0 Å². The second kappa shape index (κ2) is 6.23. The van der Waals surface area contributed by atoms with Crippen molar-refractivity contribution in [2.45, 2.75) is 19.8 Å². The summed E-state index contributed by atoms with van der Waals surface area (Å²) >= 11 is 0. The van der Waals surface area contributed by atoms with E-state index in [1.54, 1.807) is 6.92 Å². The van der Waals surface area contributed by atoms with Gasteiger partial charge in [-0.25, -0.2) is 4.79 Å². The third-order valence-corrected chi connectivity index (χ3v) is 2.77. The molecule has 7 nitrogen and oxygen atoms in total. The molecule has 1 aliphatic carbocycles. The molecule has 0 radical (unpaired) electrons. The molecule has 0 aromatic heterocycles. The van der Waals surface area contributed by atoms with Crippen LogP contribution >= 0.6 is 0 Å². The molecule has 1 rings (SSSR count). The van der Waals surface area contributed by atoms with Crippen molar-refractivity contribution in [2.75, 3.05) is 26.2 Å². The first-order valence-corrected chi connectivity index (χ1v) is 5.98. The van der Waals surface area contributed by atoms with Crippen LogP contribution < -0.4 is 5.73 Å². The van der Waals surface area contributed by atoms with Gasteiger partial charge < -0.3 is 20.6 Å². The van der Waals surface area contributed by atoms with Gasteiger partial charge in [0.1, 0.15) is 13.1 Å². The number of carbonyl (C=O) groups is 3. The number of carboxylic acids is 1. The van der Waals surface area contributed by atoms with Crippen molar-refractivity contribution in [2.24, 2.45) is 11.7 Å². The van der Waals surface area contributed by atoms with Crippen LogP contribution in [0.4, 0.5) is 4.79 Å². The van der Waals surface area contributed by atoms with Gasteiger partial charge in [0, 0.05) is 13.1 Å². The van der Waals surface area contributed by atoms with Crippen LogP contribution in [-0.4, -0.2) is 59.0 Å². The van der Waals surface area contributed by atoms with Crippen molar-refractivity contribution in [1.82, 2.24) is 9.80 Å². The van der Waals surface area contributed by atoms with E-state index in [2.05, 4.69) is 0 Å². The smallest absolute Gasteiger partial charge is 0.323 e. The normalized spacial score (nSPS) is 14.1. The Labute approximate surface area is 106 Å². The van der Waals surface area contributed by atoms with E-state index in [1.165, 1.54) is 9.80 Å². The molecule has 0 bridgehead atoms. The van der Waals surface area contributed by atoms with Gasteiger partial charge in [-0.1, -0.05) is 0 Å². The molecule has 1 aliphatic rings. The lowest BCUT2D eigenvalue weighted by Gasteiger charge is -2.28. The zero-order chi connectivity index (χ0) is 13.7. The molecule has 18 heavy (non-hydrogen) atoms. The van der Waals surface area contributed by atoms with E-state index in [0.29, 0.717) is 19.0 Å². The number of hydrogen-bond donors (Lipinski definition) is 2. The van der Waals surface area contributed by atoms with Gasteiger partial charge in [-0.15, -0.1) is 0 Å². The lowest BCUT2D eigenvalue weighted by Crippen LogP contribution is -2.48. The zero-order valence-electron chi connectivity index (χ0n) is 10.5. The Morgan fingerprint density at radius 3 is 2.22 bits per heavy atom. The Morgan fingerprint density at radius 1 is 1.22 bits per heavy atom. The van der Waals surface area contributed by atoms with Crippen LogP contribution in [0.1, 0.15) is 19.8 Å². The van der Waals surface area contributed by atoms with Gasteiger partial charge in [0.05, 0.1) is 0 Å². The Morgan fingerprint density at radius 2 is 1.83 bits per heavy atom. The number of carboxylic acid groups (broad SMARTS) is 1. The van der Waals surface area contributed by atoms with E-state index in [4.69, 9.17) is 10.8 Å². The van der Waals surface area contributed by atoms with E-state index < -0.39 is 17.9 Å². The van der Waals surface area contributed by atoms with Crippen molar-refractivity contribution < 1.29 is 19.5 Å². The Kier molecular flexibility index (Phi) is 4.94. The summed E-state index contributed by atoms with van der Waals surface area (Å²) in [5, 5.41) is 8.80. The highest BCUT2D eigenvalue weighted by Crippen LogP contribution is 2.29. The van der Waals surface area contributed by atoms with Crippen LogP contribution in [0.15, 0.2) is 0 Å². The summed E-state index contributed by atoms with van der Waals surface area (Å²) in [6, 6.07) is -0.439. The first-order chi connectivity index (χ1) is 8.43. The molecule has 0 spiro atoms. The van der Waals surface area contributed by atoms with E-state index in [0.717, 1.165) is 12.8 Å². The SMILES string of the molecule is CCN(CC(N)=O)C(=O)N(CC(=O)O)CC1CC1. The summed E-state index contributed by atoms with van der Waals surface area (Å²) in [7, 11) is 0. The Hall–Kier alpha value is -1.79. The average Bonchev–Trinajstić information content (AvgIpc) is 3.07. The minimum absolute atomic E-state index is 0.184. The third kappa shape index (κ3) is 4.60. The lowest BCUT2D eigenvalue weighted by molar-refractivity contribution is -0.137. The number of hydrogen-bond acceptors (Lipinski definition) is 3. The maximum atomic E-state index is 12.1. The molecule has 0 unspecified atom stereocenters. The van der Waals surface area contributed by atoms with Gasteiger partial charge in [-0.05, 0) is 25.7 Å². The minimum Gasteiger partial charge on any atom is -0.480 e. The van der Waals surface area contributed by atoms with Crippen LogP contribution in [0.2, 0.25) is 0 Å². The van der Waals surface area contributed by atoms with E-state index >= 15 is 0 Å². The fourth-order valence-corrected chi connectivity index (χ4v) is 1.69. The highest BCUT2D eigenvalue weighted by Gasteiger charge is 2.30. The second-order valence-corrected chi connectivity index (χ2v) is 4.48. The Balaban J connectivity index is 2.64. The predicted octanol–water partition coefficient (Wildman–Crippen LogP) is -0.290. The monoisotopic (exact) mass is 257 g/mol. The van der Waals surface area contributed by atoms with Crippen molar-refractivity contribution >= 4 is 17.9 Å². The molecule has 0 aromatic carbocycles. The average molecular weight is 257 g/mol. The summed E-state index contributed by atoms with van der Waals surface area (Å²) in [6.45, 7) is 1.95. The van der Waals surface area contributed by atoms with Crippen LogP contribution in [-0.2, 0) is 9.59 Å². The predicted molar refractivity (Wildman–Crippen MR) is 63.8 cm³/mol. The molecule has 0 saturated heterocycles. The number of primary amides is 1. The molecule has 1 saturated carbocycles. The summed E-state index contributed by atoms with van der Waals surface area (Å²) in [5.41, 5.74) is 5.05. The molecular formula is C11H19N3O4. The maximum absolute atomic E-state index is 12.1. The molecule has 3 N–H and O–H groups in total. The highest BCUT2D eigenvalue weighted by atomic mass is 16.4. The van der Waals surface area contributed by atoms with Gasteiger partial charge in [0.15, 0.2) is 0 Å². The van der Waals surface area contributed by atoms with E-state index in [-0.39, 0.29) is 13.1 Å². The largest absolute Gasteiger partial charge is 0.480 e. The molecule has 0 heterocycles. The molecule has 0 aromatic rings. The molecule has 7 heteroatoms. The fraction of sp³-hybridized carbons (Fsp3) is 0.727. The molecule has 3 amide bonds. The highest BCUT2D eigenvalue weighted by molar-refractivity contribution is 5.85. The summed E-state index contributed by atoms with van der Waals surface area (Å²) < 4.78 is 0. The quantitative estimate of drug-likeness (QED) is 0.654. The number of nitrogens with two attached hydrogens (primary N) is 1. The number of nitrogens with zero attached hydrogens (tertiary/aromatic N) is 2. The lowest BCUT2D eigenvalue weighted by atomic mass is 10.3. The summed E-state index contributed by atoms with van der Waals surface area (Å²) in [6.07, 6.45) is 2.04. The molecule has 102 valence electrons. The van der Waals surface area contributed by atoms with Crippen LogP contribution in [0, 0.1) is 5.92 Å². The summed E-state index contributed by atoms with van der Waals surface area (Å²) in [4.78, 5) is 36.2. The van der Waals surface area contributed by atoms with Gasteiger partial charge >= 0.3 is 12.0 Å². The van der Waals surface area contributed by atoms with Crippen molar-refractivity contribution in [3.63, 3.8) is 0 Å². The van der Waals surface area contributed by atoms with Gasteiger partial charge in [0.25, 0.3) is 0 Å². The molecular weight excluding hydrogens is 238 g/mol. The van der Waals surface area contributed by atoms with Crippen LogP contribution in [0.25, 0.3) is 0 Å². The number of urea groups is 1. The maximum Gasteiger partial charge on any atom is 0.323 e. The molecule has 1 fully saturated rings. The summed E-state index contributed by atoms with van der Waals surface area (Å²) in [5.74, 6) is -1.27. The van der Waals surface area contributed by atoms with E-state index in [9.17, 15) is 14.4 Å². The molecule has 0 aliphatic heterocycles. The van der Waals surface area contributed by atoms with Crippen molar-refractivity contribution in [3.8, 4) is 0 Å². The van der Waals surface area contributed by atoms with Gasteiger partial charge in [-0.2, -0.15) is 0 Å². The number of aliphatic carboxylic acids is 1. The first kappa shape index (κ1) is 14.3. The third-order valence-electron chi connectivity index (χ3n) is 2.77. The molecule has 0 atom stereocenters. The first-order valence-electron chi connectivity index (χ1n) is 5.98. The van der Waals surface area contributed by atoms with Gasteiger partial charge in [0.2, 0.25) is 5.91 Å². The van der Waals surface area contributed by atoms with Crippen LogP contribution in [0.5, 0.6) is 0 Å². The van der Waals surface area contributed by atoms with Crippen LogP contribution in [0.3, 0.4) is 0 Å². The number of rotatable bonds is 7. The minimum atomic E-state index is -1.06. The van der Waals surface area contributed by atoms with Crippen molar-refractivity contribution in [3.05, 3.63) is 0 Å². The van der Waals surface area contributed by atoms with Gasteiger partial charge in [-0.3, -0.25) is 9.59 Å². The second-order valence-electron chi connectivity index (χ2n) is 4.48. The van der Waals surface area contributed by atoms with E-state index in [1.807, 2.05) is 0 Å². The number of amides is 3. The fourth-order valence-electron chi connectivity index (χ4n) is 1.69. The Bertz CT molecular complexity index is 341. The number of carbonyl (C=O) groups excluding carboxylic acids is 2. The standard InChI is InChI=1S/C11H19N3O4/c1-2-13(6-9(12)15)11(18)14(7-10(16)17)5-8-3-4-8/h8H,2-7H2,1H3,(H2,12,15)(H,16,17). The zero-order valence-corrected chi connectivity index (χ0v) is 10.5.